The smallest absolute Gasteiger partial charge is 0.367 e. The molecule has 0 atom stereocenters. The molecule has 0 saturated heterocycles. The van der Waals surface area contributed by atoms with Crippen LogP contribution in [0.5, 0.6) is 5.75 Å². The number of carbonyl (C=O) groups excluding carboxylic acids is 1. The van der Waals surface area contributed by atoms with Gasteiger partial charge in [0.2, 0.25) is 0 Å². The fourth-order valence-corrected chi connectivity index (χ4v) is 5.68. The van der Waals surface area contributed by atoms with Crippen molar-refractivity contribution < 1.29 is 23.1 Å². The first-order valence-electron chi connectivity index (χ1n) is 10.3. The summed E-state index contributed by atoms with van der Waals surface area (Å²) >= 11 is 1.54. The van der Waals surface area contributed by atoms with Crippen molar-refractivity contribution in [3.63, 3.8) is 0 Å². The van der Waals surface area contributed by atoms with Crippen molar-refractivity contribution in [1.82, 2.24) is 15.3 Å². The summed E-state index contributed by atoms with van der Waals surface area (Å²) in [6, 6.07) is 7.17. The van der Waals surface area contributed by atoms with E-state index in [0.29, 0.717) is 24.3 Å². The highest BCUT2D eigenvalue weighted by atomic mass is 32.1. The zero-order valence-corrected chi connectivity index (χ0v) is 19.6. The summed E-state index contributed by atoms with van der Waals surface area (Å²) in [5.41, 5.74) is 5.73. The topological polar surface area (TPSA) is 99.6 Å². The largest absolute Gasteiger partial charge is 0.480 e. The lowest BCUT2D eigenvalue weighted by Gasteiger charge is -2.19. The Kier molecular flexibility index (Phi) is 7.01. The van der Waals surface area contributed by atoms with Gasteiger partial charge in [-0.3, -0.25) is 14.3 Å². The molecule has 3 aromatic rings. The van der Waals surface area contributed by atoms with Crippen LogP contribution in [0.3, 0.4) is 0 Å². The molecule has 0 bridgehead atoms. The van der Waals surface area contributed by atoms with Gasteiger partial charge in [-0.25, -0.2) is 4.98 Å². The van der Waals surface area contributed by atoms with Crippen molar-refractivity contribution in [2.45, 2.75) is 26.8 Å². The van der Waals surface area contributed by atoms with E-state index in [1.165, 1.54) is 11.3 Å². The minimum Gasteiger partial charge on any atom is -0.480 e. The molecule has 0 unspecified atom stereocenters. The van der Waals surface area contributed by atoms with Crippen LogP contribution in [0.15, 0.2) is 42.2 Å². The molecule has 4 rings (SSSR count). The van der Waals surface area contributed by atoms with Crippen LogP contribution >= 0.6 is 18.9 Å². The van der Waals surface area contributed by atoms with Crippen LogP contribution in [0.1, 0.15) is 40.2 Å². The average Bonchev–Trinajstić information content (AvgIpc) is 3.39. The molecule has 0 radical (unpaired) electrons. The van der Waals surface area contributed by atoms with Gasteiger partial charge in [0.05, 0.1) is 24.4 Å². The Morgan fingerprint density at radius 1 is 1.16 bits per heavy atom. The van der Waals surface area contributed by atoms with Crippen molar-refractivity contribution in [3.8, 4) is 17.0 Å². The second-order valence-corrected chi connectivity index (χ2v) is 9.96. The van der Waals surface area contributed by atoms with Crippen molar-refractivity contribution >= 4 is 24.8 Å². The minimum absolute atomic E-state index is 0.172. The molecule has 1 aliphatic rings. The lowest BCUT2D eigenvalue weighted by atomic mass is 10.0. The Morgan fingerprint density at radius 2 is 1.91 bits per heavy atom. The molecule has 2 aromatic heterocycles. The monoisotopic (exact) mass is 473 g/mol. The van der Waals surface area contributed by atoms with Crippen LogP contribution in [0.4, 0.5) is 0 Å². The minimum atomic E-state index is -3.38. The number of amides is 1. The van der Waals surface area contributed by atoms with E-state index >= 15 is 0 Å². The van der Waals surface area contributed by atoms with E-state index in [1.807, 2.05) is 12.1 Å². The fraction of sp³-hybridized carbons (Fsp3) is 0.318. The van der Waals surface area contributed by atoms with Crippen molar-refractivity contribution in [1.29, 1.82) is 0 Å². The molecular formula is C22H24N3O5PS. The summed E-state index contributed by atoms with van der Waals surface area (Å²) in [6.07, 6.45) is 3.77. The molecule has 1 aromatic carbocycles. The molecule has 0 aliphatic heterocycles. The third-order valence-electron chi connectivity index (χ3n) is 4.97. The zero-order chi connectivity index (χ0) is 22.6. The van der Waals surface area contributed by atoms with Crippen LogP contribution in [-0.4, -0.2) is 35.4 Å². The molecule has 0 fully saturated rings. The lowest BCUT2D eigenvalue weighted by molar-refractivity contribution is 0.0950. The number of pyridine rings is 1. The predicted molar refractivity (Wildman–Crippen MR) is 122 cm³/mol. The van der Waals surface area contributed by atoms with E-state index in [4.69, 9.17) is 13.8 Å². The van der Waals surface area contributed by atoms with Crippen LogP contribution in [0, 0.1) is 0 Å². The molecule has 0 spiro atoms. The maximum atomic E-state index is 13.0. The summed E-state index contributed by atoms with van der Waals surface area (Å²) in [5, 5.41) is 2.96. The van der Waals surface area contributed by atoms with Crippen molar-refractivity contribution in [3.05, 3.63) is 63.7 Å². The van der Waals surface area contributed by atoms with Gasteiger partial charge in [0, 0.05) is 41.4 Å². The first kappa shape index (κ1) is 22.6. The SMILES string of the molecule is CCOP(=O)(COc1ccc(C(=O)NCc2ccncc2)c2c1-c1ncsc1C2)OCC. The zero-order valence-electron chi connectivity index (χ0n) is 17.9. The number of hydrogen-bond donors (Lipinski definition) is 1. The molecule has 8 nitrogen and oxygen atoms in total. The van der Waals surface area contributed by atoms with Gasteiger partial charge in [0.25, 0.3) is 5.91 Å². The van der Waals surface area contributed by atoms with Crippen molar-refractivity contribution in [2.75, 3.05) is 19.6 Å². The van der Waals surface area contributed by atoms with Gasteiger partial charge >= 0.3 is 7.60 Å². The summed E-state index contributed by atoms with van der Waals surface area (Å²) in [5.74, 6) is 0.337. The second-order valence-electron chi connectivity index (χ2n) is 7.02. The molecular weight excluding hydrogens is 449 g/mol. The van der Waals surface area contributed by atoms with E-state index in [1.54, 1.807) is 43.9 Å². The van der Waals surface area contributed by atoms with E-state index in [2.05, 4.69) is 15.3 Å². The molecule has 0 saturated carbocycles. The van der Waals surface area contributed by atoms with Gasteiger partial charge < -0.3 is 19.1 Å². The summed E-state index contributed by atoms with van der Waals surface area (Å²) < 4.78 is 29.4. The van der Waals surface area contributed by atoms with Crippen LogP contribution < -0.4 is 10.1 Å². The summed E-state index contributed by atoms with van der Waals surface area (Å²) in [4.78, 5) is 22.5. The Balaban J connectivity index is 1.59. The first-order chi connectivity index (χ1) is 15.5. The van der Waals surface area contributed by atoms with Gasteiger partial charge in [-0.05, 0) is 49.2 Å². The van der Waals surface area contributed by atoms with Crippen LogP contribution in [0.2, 0.25) is 0 Å². The standard InChI is InChI=1S/C22H24N3O5PS/c1-3-29-31(27,30-4-2)14-28-18-6-5-16(17-11-19-21(20(17)18)25-13-32-19)22(26)24-12-15-7-9-23-10-8-15/h5-10,13H,3-4,11-12,14H2,1-2H3,(H,24,26). The number of nitrogens with zero attached hydrogens (tertiary/aromatic N) is 2. The molecule has 2 heterocycles. The lowest BCUT2D eigenvalue weighted by Crippen LogP contribution is -2.24. The number of carbonyl (C=O) groups is 1. The maximum absolute atomic E-state index is 13.0. The number of aromatic nitrogens is 2. The normalized spacial score (nSPS) is 12.3. The summed E-state index contributed by atoms with van der Waals surface area (Å²) in [7, 11) is -3.38. The Hall–Kier alpha value is -2.58. The molecule has 1 N–H and O–H groups in total. The number of fused-ring (bicyclic) bond motifs is 3. The highest BCUT2D eigenvalue weighted by Crippen LogP contribution is 2.50. The Morgan fingerprint density at radius 3 is 2.62 bits per heavy atom. The number of rotatable bonds is 10. The molecule has 1 amide bonds. The van der Waals surface area contributed by atoms with Gasteiger partial charge in [-0.1, -0.05) is 0 Å². The fourth-order valence-electron chi connectivity index (χ4n) is 3.59. The number of ether oxygens (including phenoxy) is 1. The average molecular weight is 473 g/mol. The van der Waals surface area contributed by atoms with E-state index in [9.17, 15) is 9.36 Å². The molecule has 32 heavy (non-hydrogen) atoms. The van der Waals surface area contributed by atoms with Gasteiger partial charge in [0.15, 0.2) is 6.35 Å². The highest BCUT2D eigenvalue weighted by molar-refractivity contribution is 7.53. The van der Waals surface area contributed by atoms with Crippen LogP contribution in [0.25, 0.3) is 11.3 Å². The van der Waals surface area contributed by atoms with E-state index < -0.39 is 7.60 Å². The number of benzene rings is 1. The first-order valence-corrected chi connectivity index (χ1v) is 12.9. The van der Waals surface area contributed by atoms with Gasteiger partial charge in [0.1, 0.15) is 5.75 Å². The maximum Gasteiger partial charge on any atom is 0.367 e. The van der Waals surface area contributed by atoms with Crippen LogP contribution in [-0.2, 0) is 26.6 Å². The Labute approximate surface area is 190 Å². The number of nitrogens with one attached hydrogen (secondary N) is 1. The number of hydrogen-bond acceptors (Lipinski definition) is 8. The second kappa shape index (κ2) is 9.92. The van der Waals surface area contributed by atoms with Crippen molar-refractivity contribution in [2.24, 2.45) is 0 Å². The van der Waals surface area contributed by atoms with Gasteiger partial charge in [-0.2, -0.15) is 0 Å². The molecule has 168 valence electrons. The molecule has 10 heteroatoms. The third-order valence-corrected chi connectivity index (χ3v) is 7.55. The Bertz CT molecular complexity index is 1140. The van der Waals surface area contributed by atoms with E-state index in [0.717, 1.165) is 27.3 Å². The molecule has 1 aliphatic carbocycles. The quantitative estimate of drug-likeness (QED) is 0.335. The predicted octanol–water partition coefficient (Wildman–Crippen LogP) is 4.64. The van der Waals surface area contributed by atoms with Gasteiger partial charge in [-0.15, -0.1) is 11.3 Å². The summed E-state index contributed by atoms with van der Waals surface area (Å²) in [6.45, 7) is 4.42. The highest BCUT2D eigenvalue weighted by Gasteiger charge is 2.31. The van der Waals surface area contributed by atoms with E-state index in [-0.39, 0.29) is 25.5 Å². The third kappa shape index (κ3) is 4.76. The number of thiazole rings is 1.